The number of carboxylic acid groups (broad SMARTS) is 1. The molecule has 1 aliphatic heterocycles. The van der Waals surface area contributed by atoms with Crippen LogP contribution in [0.1, 0.15) is 46.3 Å². The third-order valence-corrected chi connectivity index (χ3v) is 7.49. The van der Waals surface area contributed by atoms with Gasteiger partial charge in [-0.2, -0.15) is 0 Å². The third kappa shape index (κ3) is 6.01. The molecule has 0 atom stereocenters. The Bertz CT molecular complexity index is 1530. The van der Waals surface area contributed by atoms with Crippen molar-refractivity contribution in [3.63, 3.8) is 0 Å². The summed E-state index contributed by atoms with van der Waals surface area (Å²) in [5, 5.41) is 12.5. The quantitative estimate of drug-likeness (QED) is 0.217. The zero-order valence-electron chi connectivity index (χ0n) is 22.9. The van der Waals surface area contributed by atoms with Crippen LogP contribution in [0.25, 0.3) is 11.1 Å². The number of benzene rings is 4. The Hall–Kier alpha value is -4.58. The number of carboxylic acids is 1. The van der Waals surface area contributed by atoms with E-state index in [0.717, 1.165) is 58.9 Å². The molecule has 0 bridgehead atoms. The summed E-state index contributed by atoms with van der Waals surface area (Å²) in [5.41, 5.74) is 8.69. The summed E-state index contributed by atoms with van der Waals surface area (Å²) in [4.78, 5) is 26.4. The van der Waals surface area contributed by atoms with Gasteiger partial charge in [0.1, 0.15) is 5.75 Å². The van der Waals surface area contributed by atoms with Gasteiger partial charge < -0.3 is 20.1 Å². The first-order valence-corrected chi connectivity index (χ1v) is 13.7. The zero-order chi connectivity index (χ0) is 28.1. The molecule has 1 amide bonds. The van der Waals surface area contributed by atoms with Gasteiger partial charge in [-0.05, 0) is 109 Å². The van der Waals surface area contributed by atoms with Crippen molar-refractivity contribution >= 4 is 28.9 Å². The number of fused-ring (bicyclic) bond motifs is 1. The molecule has 1 aliphatic rings. The molecule has 0 aromatic heterocycles. The Kier molecular flexibility index (Phi) is 8.15. The minimum Gasteiger partial charge on any atom is -0.493 e. The van der Waals surface area contributed by atoms with Gasteiger partial charge in [0.25, 0.3) is 0 Å². The second-order valence-electron chi connectivity index (χ2n) is 10.2. The van der Waals surface area contributed by atoms with E-state index in [1.807, 2.05) is 35.2 Å². The maximum absolute atomic E-state index is 13.3. The molecule has 204 valence electrons. The molecule has 2 N–H and O–H groups in total. The van der Waals surface area contributed by atoms with Crippen molar-refractivity contribution in [2.45, 2.75) is 39.5 Å². The van der Waals surface area contributed by atoms with Crippen LogP contribution in [0.5, 0.6) is 5.75 Å². The second kappa shape index (κ2) is 12.1. The van der Waals surface area contributed by atoms with Crippen LogP contribution in [-0.2, 0) is 11.2 Å². The maximum Gasteiger partial charge on any atom is 0.335 e. The van der Waals surface area contributed by atoms with Crippen LogP contribution in [0, 0.1) is 13.8 Å². The predicted octanol–water partition coefficient (Wildman–Crippen LogP) is 7.55. The van der Waals surface area contributed by atoms with Crippen molar-refractivity contribution in [3.05, 3.63) is 107 Å². The van der Waals surface area contributed by atoms with E-state index in [1.54, 1.807) is 24.3 Å². The fourth-order valence-electron chi connectivity index (χ4n) is 5.20. The summed E-state index contributed by atoms with van der Waals surface area (Å²) in [7, 11) is 0. The van der Waals surface area contributed by atoms with E-state index in [1.165, 1.54) is 11.1 Å². The topological polar surface area (TPSA) is 78.9 Å². The molecule has 4 aromatic rings. The molecule has 4 aromatic carbocycles. The van der Waals surface area contributed by atoms with Crippen LogP contribution in [-0.4, -0.2) is 30.1 Å². The Morgan fingerprint density at radius 2 is 1.70 bits per heavy atom. The van der Waals surface area contributed by atoms with Crippen LogP contribution in [0.2, 0.25) is 0 Å². The lowest BCUT2D eigenvalue weighted by Gasteiger charge is -2.31. The standard InChI is InChI=1S/C34H34N2O4/c1-23-8-3-14-32(24(23)2)40-21-7-15-33(37)36-20-6-12-30-29(11-5-13-31(30)36)26-9-4-10-28(22-26)35-27-18-16-25(17-19-27)34(38)39/h3-5,8-11,13-14,16-19,22,35H,6-7,12,15,20-21H2,1-2H3,(H,38,39). The van der Waals surface area contributed by atoms with Gasteiger partial charge >= 0.3 is 5.97 Å². The number of carbonyl (C=O) groups excluding carboxylic acids is 1. The van der Waals surface area contributed by atoms with Gasteiger partial charge in [0.05, 0.1) is 12.2 Å². The lowest BCUT2D eigenvalue weighted by Crippen LogP contribution is -2.35. The van der Waals surface area contributed by atoms with Crippen LogP contribution in [0.3, 0.4) is 0 Å². The molecule has 5 rings (SSSR count). The molecular weight excluding hydrogens is 500 g/mol. The maximum atomic E-state index is 13.3. The summed E-state index contributed by atoms with van der Waals surface area (Å²) in [6.45, 7) is 5.36. The van der Waals surface area contributed by atoms with Crippen molar-refractivity contribution in [2.24, 2.45) is 0 Å². The Morgan fingerprint density at radius 3 is 2.50 bits per heavy atom. The fraction of sp³-hybridized carbons (Fsp3) is 0.235. The SMILES string of the molecule is Cc1cccc(OCCCC(=O)N2CCCc3c(-c4cccc(Nc5ccc(C(=O)O)cc5)c4)cccc32)c1C. The number of hydrogen-bond acceptors (Lipinski definition) is 4. The number of aryl methyl sites for hydroxylation is 1. The summed E-state index contributed by atoms with van der Waals surface area (Å²) < 4.78 is 5.97. The van der Waals surface area contributed by atoms with E-state index in [0.29, 0.717) is 19.4 Å². The van der Waals surface area contributed by atoms with Gasteiger partial charge in [0.2, 0.25) is 5.91 Å². The highest BCUT2D eigenvalue weighted by Gasteiger charge is 2.24. The number of carbonyl (C=O) groups is 2. The number of rotatable bonds is 9. The van der Waals surface area contributed by atoms with Gasteiger partial charge in [0.15, 0.2) is 0 Å². The summed E-state index contributed by atoms with van der Waals surface area (Å²) >= 11 is 0. The molecule has 0 aliphatic carbocycles. The average molecular weight is 535 g/mol. The van der Waals surface area contributed by atoms with E-state index in [2.05, 4.69) is 49.5 Å². The number of anilines is 3. The number of ether oxygens (including phenoxy) is 1. The fourth-order valence-corrected chi connectivity index (χ4v) is 5.20. The summed E-state index contributed by atoms with van der Waals surface area (Å²) in [6, 6.07) is 27.1. The molecule has 0 radical (unpaired) electrons. The normalized spacial score (nSPS) is 12.5. The van der Waals surface area contributed by atoms with Gasteiger partial charge in [-0.25, -0.2) is 4.79 Å². The lowest BCUT2D eigenvalue weighted by atomic mass is 9.91. The molecule has 0 unspecified atom stereocenters. The van der Waals surface area contributed by atoms with Crippen LogP contribution >= 0.6 is 0 Å². The predicted molar refractivity (Wildman–Crippen MR) is 160 cm³/mol. The van der Waals surface area contributed by atoms with Crippen LogP contribution in [0.4, 0.5) is 17.1 Å². The lowest BCUT2D eigenvalue weighted by molar-refractivity contribution is -0.118. The highest BCUT2D eigenvalue weighted by Crippen LogP contribution is 2.37. The van der Waals surface area contributed by atoms with Crippen molar-refractivity contribution in [3.8, 4) is 16.9 Å². The van der Waals surface area contributed by atoms with Crippen LogP contribution < -0.4 is 15.0 Å². The minimum absolute atomic E-state index is 0.128. The molecule has 1 heterocycles. The number of hydrogen-bond donors (Lipinski definition) is 2. The van der Waals surface area contributed by atoms with E-state index in [-0.39, 0.29) is 11.5 Å². The largest absolute Gasteiger partial charge is 0.493 e. The molecule has 0 spiro atoms. The molecule has 6 nitrogen and oxygen atoms in total. The Balaban J connectivity index is 1.27. The highest BCUT2D eigenvalue weighted by molar-refractivity contribution is 5.96. The van der Waals surface area contributed by atoms with Crippen molar-refractivity contribution in [1.29, 1.82) is 0 Å². The first kappa shape index (κ1) is 27.0. The smallest absolute Gasteiger partial charge is 0.335 e. The van der Waals surface area contributed by atoms with Gasteiger partial charge in [-0.15, -0.1) is 0 Å². The van der Waals surface area contributed by atoms with Gasteiger partial charge in [-0.3, -0.25) is 4.79 Å². The van der Waals surface area contributed by atoms with Crippen molar-refractivity contribution < 1.29 is 19.4 Å². The highest BCUT2D eigenvalue weighted by atomic mass is 16.5. The first-order valence-electron chi connectivity index (χ1n) is 13.7. The van der Waals surface area contributed by atoms with E-state index in [9.17, 15) is 9.59 Å². The van der Waals surface area contributed by atoms with E-state index < -0.39 is 5.97 Å². The number of amides is 1. The minimum atomic E-state index is -0.944. The summed E-state index contributed by atoms with van der Waals surface area (Å²) in [5.74, 6) is 0.0675. The Labute approximate surface area is 235 Å². The van der Waals surface area contributed by atoms with Gasteiger partial charge in [0, 0.05) is 30.0 Å². The molecule has 0 saturated heterocycles. The number of nitrogens with one attached hydrogen (secondary N) is 1. The second-order valence-corrected chi connectivity index (χ2v) is 10.2. The average Bonchev–Trinajstić information content (AvgIpc) is 2.97. The van der Waals surface area contributed by atoms with E-state index in [4.69, 9.17) is 9.84 Å². The number of aromatic carboxylic acids is 1. The first-order chi connectivity index (χ1) is 19.4. The number of nitrogens with zero attached hydrogens (tertiary/aromatic N) is 1. The van der Waals surface area contributed by atoms with E-state index >= 15 is 0 Å². The van der Waals surface area contributed by atoms with Gasteiger partial charge in [-0.1, -0.05) is 36.4 Å². The monoisotopic (exact) mass is 534 g/mol. The summed E-state index contributed by atoms with van der Waals surface area (Å²) in [6.07, 6.45) is 2.94. The Morgan fingerprint density at radius 1 is 0.925 bits per heavy atom. The molecule has 40 heavy (non-hydrogen) atoms. The molecule has 6 heteroatoms. The zero-order valence-corrected chi connectivity index (χ0v) is 22.9. The van der Waals surface area contributed by atoms with Crippen molar-refractivity contribution in [1.82, 2.24) is 0 Å². The van der Waals surface area contributed by atoms with Crippen LogP contribution in [0.15, 0.2) is 84.9 Å². The molecular formula is C34H34N2O4. The molecule has 0 saturated carbocycles. The van der Waals surface area contributed by atoms with Crippen molar-refractivity contribution in [2.75, 3.05) is 23.4 Å². The molecule has 0 fully saturated rings. The third-order valence-electron chi connectivity index (χ3n) is 7.49.